The maximum Gasteiger partial charge on any atom is 0.339 e. The van der Waals surface area contributed by atoms with Gasteiger partial charge in [0.05, 0.1) is 6.10 Å². The molecular formula is C12H15FO3. The summed E-state index contributed by atoms with van der Waals surface area (Å²) in [5.41, 5.74) is -0.136. The van der Waals surface area contributed by atoms with Crippen LogP contribution in [0.15, 0.2) is 18.2 Å². The largest absolute Gasteiger partial charge is 0.490 e. The maximum atomic E-state index is 12.9. The van der Waals surface area contributed by atoms with Crippen molar-refractivity contribution in [1.29, 1.82) is 0 Å². The van der Waals surface area contributed by atoms with Gasteiger partial charge in [-0.2, -0.15) is 0 Å². The molecule has 0 saturated carbocycles. The van der Waals surface area contributed by atoms with E-state index in [2.05, 4.69) is 0 Å². The summed E-state index contributed by atoms with van der Waals surface area (Å²) in [5.74, 6) is -1.54. The zero-order valence-corrected chi connectivity index (χ0v) is 9.37. The van der Waals surface area contributed by atoms with E-state index in [4.69, 9.17) is 9.84 Å². The zero-order chi connectivity index (χ0) is 12.1. The average molecular weight is 226 g/mol. The van der Waals surface area contributed by atoms with Gasteiger partial charge in [0.2, 0.25) is 0 Å². The summed E-state index contributed by atoms with van der Waals surface area (Å²) in [4.78, 5) is 10.9. The number of carboxylic acids is 1. The molecule has 88 valence electrons. The molecule has 0 aliphatic rings. The third-order valence-corrected chi connectivity index (χ3v) is 2.20. The molecule has 0 aliphatic carbocycles. The average Bonchev–Trinajstić information content (AvgIpc) is 2.20. The minimum atomic E-state index is -1.18. The Kier molecular flexibility index (Phi) is 4.28. The smallest absolute Gasteiger partial charge is 0.339 e. The second-order valence-electron chi connectivity index (χ2n) is 3.66. The van der Waals surface area contributed by atoms with Gasteiger partial charge in [-0.05, 0) is 31.5 Å². The van der Waals surface area contributed by atoms with Crippen molar-refractivity contribution in [2.75, 3.05) is 0 Å². The highest BCUT2D eigenvalue weighted by Crippen LogP contribution is 2.21. The monoisotopic (exact) mass is 226 g/mol. The highest BCUT2D eigenvalue weighted by Gasteiger charge is 2.14. The summed E-state index contributed by atoms with van der Waals surface area (Å²) in [6.45, 7) is 3.88. The SMILES string of the molecule is CCCC(C)Oc1ccc(F)cc1C(=O)O. The second kappa shape index (κ2) is 5.49. The lowest BCUT2D eigenvalue weighted by molar-refractivity contribution is 0.0689. The first-order valence-corrected chi connectivity index (χ1v) is 5.24. The van der Waals surface area contributed by atoms with E-state index in [0.717, 1.165) is 18.9 Å². The number of benzene rings is 1. The van der Waals surface area contributed by atoms with Gasteiger partial charge >= 0.3 is 5.97 Å². The summed E-state index contributed by atoms with van der Waals surface area (Å²) >= 11 is 0. The number of hydrogen-bond donors (Lipinski definition) is 1. The van der Waals surface area contributed by atoms with E-state index in [1.807, 2.05) is 13.8 Å². The van der Waals surface area contributed by atoms with Crippen molar-refractivity contribution in [2.45, 2.75) is 32.8 Å². The summed E-state index contributed by atoms with van der Waals surface area (Å²) in [7, 11) is 0. The van der Waals surface area contributed by atoms with E-state index in [1.165, 1.54) is 12.1 Å². The van der Waals surface area contributed by atoms with Crippen LogP contribution >= 0.6 is 0 Å². The van der Waals surface area contributed by atoms with Crippen LogP contribution in [0.2, 0.25) is 0 Å². The van der Waals surface area contributed by atoms with Crippen LogP contribution < -0.4 is 4.74 Å². The van der Waals surface area contributed by atoms with Crippen molar-refractivity contribution in [3.63, 3.8) is 0 Å². The molecule has 0 amide bonds. The van der Waals surface area contributed by atoms with Crippen molar-refractivity contribution in [3.05, 3.63) is 29.6 Å². The molecule has 16 heavy (non-hydrogen) atoms. The Morgan fingerprint density at radius 2 is 2.25 bits per heavy atom. The Morgan fingerprint density at radius 3 is 2.81 bits per heavy atom. The molecule has 0 bridgehead atoms. The molecule has 1 atom stereocenters. The Labute approximate surface area is 93.9 Å². The predicted molar refractivity (Wildman–Crippen MR) is 58.4 cm³/mol. The molecule has 4 heteroatoms. The predicted octanol–water partition coefficient (Wildman–Crippen LogP) is 3.09. The molecular weight excluding hydrogens is 211 g/mol. The molecule has 1 aromatic rings. The molecule has 0 fully saturated rings. The van der Waals surface area contributed by atoms with Crippen LogP contribution in [0.1, 0.15) is 37.0 Å². The first-order valence-electron chi connectivity index (χ1n) is 5.24. The Morgan fingerprint density at radius 1 is 1.56 bits per heavy atom. The minimum absolute atomic E-state index is 0.0754. The summed E-state index contributed by atoms with van der Waals surface area (Å²) in [6.07, 6.45) is 1.70. The first kappa shape index (κ1) is 12.5. The fourth-order valence-electron chi connectivity index (χ4n) is 1.45. The molecule has 0 aromatic heterocycles. The maximum absolute atomic E-state index is 12.9. The lowest BCUT2D eigenvalue weighted by Gasteiger charge is -2.15. The molecule has 1 N–H and O–H groups in total. The first-order chi connectivity index (χ1) is 7.54. The van der Waals surface area contributed by atoms with Gasteiger partial charge in [-0.25, -0.2) is 9.18 Å². The van der Waals surface area contributed by atoms with E-state index in [-0.39, 0.29) is 17.4 Å². The van der Waals surface area contributed by atoms with Crippen molar-refractivity contribution >= 4 is 5.97 Å². The second-order valence-corrected chi connectivity index (χ2v) is 3.66. The molecule has 0 radical (unpaired) electrons. The number of carbonyl (C=O) groups is 1. The van der Waals surface area contributed by atoms with E-state index >= 15 is 0 Å². The van der Waals surface area contributed by atoms with Crippen molar-refractivity contribution in [3.8, 4) is 5.75 Å². The minimum Gasteiger partial charge on any atom is -0.490 e. The number of hydrogen-bond acceptors (Lipinski definition) is 2. The standard InChI is InChI=1S/C12H15FO3/c1-3-4-8(2)16-11-6-5-9(13)7-10(11)12(14)15/h5-8H,3-4H2,1-2H3,(H,14,15). The lowest BCUT2D eigenvalue weighted by atomic mass is 10.2. The van der Waals surface area contributed by atoms with Gasteiger partial charge in [-0.15, -0.1) is 0 Å². The van der Waals surface area contributed by atoms with Crippen LogP contribution in [0.5, 0.6) is 5.75 Å². The molecule has 0 heterocycles. The van der Waals surface area contributed by atoms with Crippen LogP contribution in [0.4, 0.5) is 4.39 Å². The van der Waals surface area contributed by atoms with Gasteiger partial charge in [0.1, 0.15) is 17.1 Å². The third kappa shape index (κ3) is 3.22. The Bertz CT molecular complexity index is 377. The summed E-state index contributed by atoms with van der Waals surface area (Å²) in [5, 5.41) is 8.89. The van der Waals surface area contributed by atoms with Gasteiger partial charge in [0.25, 0.3) is 0 Å². The van der Waals surface area contributed by atoms with Crippen LogP contribution in [0.25, 0.3) is 0 Å². The van der Waals surface area contributed by atoms with E-state index < -0.39 is 11.8 Å². The van der Waals surface area contributed by atoms with Gasteiger partial charge in [0.15, 0.2) is 0 Å². The van der Waals surface area contributed by atoms with Gasteiger partial charge < -0.3 is 9.84 Å². The quantitative estimate of drug-likeness (QED) is 0.839. The molecule has 3 nitrogen and oxygen atoms in total. The number of ether oxygens (including phenoxy) is 1. The zero-order valence-electron chi connectivity index (χ0n) is 9.37. The van der Waals surface area contributed by atoms with Crippen LogP contribution in [0.3, 0.4) is 0 Å². The third-order valence-electron chi connectivity index (χ3n) is 2.20. The normalized spacial score (nSPS) is 12.2. The topological polar surface area (TPSA) is 46.5 Å². The number of aromatic carboxylic acids is 1. The number of carboxylic acid groups (broad SMARTS) is 1. The van der Waals surface area contributed by atoms with E-state index in [0.29, 0.717) is 0 Å². The molecule has 0 spiro atoms. The molecule has 1 rings (SSSR count). The van der Waals surface area contributed by atoms with E-state index in [1.54, 1.807) is 0 Å². The number of rotatable bonds is 5. The number of halogens is 1. The van der Waals surface area contributed by atoms with Crippen LogP contribution in [-0.2, 0) is 0 Å². The summed E-state index contributed by atoms with van der Waals surface area (Å²) < 4.78 is 18.3. The lowest BCUT2D eigenvalue weighted by Crippen LogP contribution is -2.13. The molecule has 0 saturated heterocycles. The van der Waals surface area contributed by atoms with Gasteiger partial charge in [0, 0.05) is 0 Å². The highest BCUT2D eigenvalue weighted by molar-refractivity contribution is 5.90. The van der Waals surface area contributed by atoms with Crippen molar-refractivity contribution in [1.82, 2.24) is 0 Å². The van der Waals surface area contributed by atoms with Gasteiger partial charge in [-0.3, -0.25) is 0 Å². The fourth-order valence-corrected chi connectivity index (χ4v) is 1.45. The van der Waals surface area contributed by atoms with Crippen LogP contribution in [0, 0.1) is 5.82 Å². The van der Waals surface area contributed by atoms with Gasteiger partial charge in [-0.1, -0.05) is 13.3 Å². The highest BCUT2D eigenvalue weighted by atomic mass is 19.1. The van der Waals surface area contributed by atoms with Crippen molar-refractivity contribution < 1.29 is 19.0 Å². The Hall–Kier alpha value is -1.58. The summed E-state index contributed by atoms with van der Waals surface area (Å²) in [6, 6.07) is 3.52. The molecule has 1 aromatic carbocycles. The van der Waals surface area contributed by atoms with E-state index in [9.17, 15) is 9.18 Å². The van der Waals surface area contributed by atoms with Crippen molar-refractivity contribution in [2.24, 2.45) is 0 Å². The fraction of sp³-hybridized carbons (Fsp3) is 0.417. The van der Waals surface area contributed by atoms with Crippen LogP contribution in [-0.4, -0.2) is 17.2 Å². The Balaban J connectivity index is 2.90. The molecule has 0 aliphatic heterocycles. The molecule has 1 unspecified atom stereocenters.